The summed E-state index contributed by atoms with van der Waals surface area (Å²) in [4.78, 5) is 19.0. The highest BCUT2D eigenvalue weighted by atomic mass is 16.1. The van der Waals surface area contributed by atoms with Gasteiger partial charge in [0.05, 0.1) is 16.9 Å². The number of fused-ring (bicyclic) bond motifs is 4. The maximum Gasteiger partial charge on any atom is 0.271 e. The molecule has 35 heavy (non-hydrogen) atoms. The molecule has 4 heterocycles. The molecule has 4 aromatic rings. The minimum Gasteiger partial charge on any atom is -0.364 e. The van der Waals surface area contributed by atoms with Crippen molar-refractivity contribution in [3.05, 3.63) is 82.3 Å². The van der Waals surface area contributed by atoms with E-state index in [-0.39, 0.29) is 0 Å². The summed E-state index contributed by atoms with van der Waals surface area (Å²) in [5.41, 5.74) is 13.9. The molecule has 7 nitrogen and oxygen atoms in total. The third-order valence-corrected chi connectivity index (χ3v) is 7.71. The van der Waals surface area contributed by atoms with Crippen LogP contribution in [0.4, 0.5) is 0 Å². The smallest absolute Gasteiger partial charge is 0.271 e. The monoisotopic (exact) mass is 466 g/mol. The molecule has 0 aliphatic carbocycles. The topological polar surface area (TPSA) is 89.9 Å². The number of carbonyl (C=O) groups is 1. The number of rotatable bonds is 5. The summed E-state index contributed by atoms with van der Waals surface area (Å²) >= 11 is 0. The van der Waals surface area contributed by atoms with Gasteiger partial charge in [-0.3, -0.25) is 9.78 Å². The molecule has 2 aliphatic heterocycles. The molecule has 7 heteroatoms. The first-order chi connectivity index (χ1) is 17.1. The Kier molecular flexibility index (Phi) is 5.57. The molecule has 0 spiro atoms. The number of nitrogens with two attached hydrogens (primary N) is 1. The fourth-order valence-corrected chi connectivity index (χ4v) is 5.88. The van der Waals surface area contributed by atoms with Crippen LogP contribution in [0.25, 0.3) is 16.6 Å². The molecule has 6 rings (SSSR count). The van der Waals surface area contributed by atoms with E-state index in [4.69, 9.17) is 10.7 Å². The van der Waals surface area contributed by atoms with Crippen LogP contribution in [0, 0.1) is 6.92 Å². The van der Waals surface area contributed by atoms with Crippen molar-refractivity contribution in [1.29, 1.82) is 0 Å². The zero-order valence-electron chi connectivity index (χ0n) is 20.1. The van der Waals surface area contributed by atoms with E-state index in [1.807, 2.05) is 0 Å². The number of carbonyl (C=O) groups excluding carboxylic acids is 1. The third-order valence-electron chi connectivity index (χ3n) is 7.71. The van der Waals surface area contributed by atoms with E-state index >= 15 is 0 Å². The van der Waals surface area contributed by atoms with E-state index in [1.54, 1.807) is 4.68 Å². The Morgan fingerprint density at radius 1 is 1.06 bits per heavy atom. The van der Waals surface area contributed by atoms with Crippen LogP contribution in [0.1, 0.15) is 57.3 Å². The summed E-state index contributed by atoms with van der Waals surface area (Å²) in [5.74, 6) is 0.0817. The number of primary amides is 1. The van der Waals surface area contributed by atoms with Crippen LogP contribution in [-0.2, 0) is 19.3 Å². The van der Waals surface area contributed by atoms with E-state index in [9.17, 15) is 4.79 Å². The van der Waals surface area contributed by atoms with Gasteiger partial charge >= 0.3 is 0 Å². The predicted octanol–water partition coefficient (Wildman–Crippen LogP) is 3.74. The fourth-order valence-electron chi connectivity index (χ4n) is 5.88. The molecular weight excluding hydrogens is 436 g/mol. The van der Waals surface area contributed by atoms with Crippen LogP contribution in [0.3, 0.4) is 0 Å². The highest BCUT2D eigenvalue weighted by Crippen LogP contribution is 2.33. The second-order valence-electron chi connectivity index (χ2n) is 9.81. The summed E-state index contributed by atoms with van der Waals surface area (Å²) in [6, 6.07) is 17.3. The van der Waals surface area contributed by atoms with Gasteiger partial charge in [0.1, 0.15) is 0 Å². The minimum atomic E-state index is -0.510. The van der Waals surface area contributed by atoms with Gasteiger partial charge in [-0.15, -0.1) is 5.10 Å². The zero-order chi connectivity index (χ0) is 23.9. The quantitative estimate of drug-likeness (QED) is 0.484. The lowest BCUT2D eigenvalue weighted by Gasteiger charge is -2.33. The lowest BCUT2D eigenvalue weighted by atomic mass is 9.87. The summed E-state index contributed by atoms with van der Waals surface area (Å²) < 4.78 is 1.80. The van der Waals surface area contributed by atoms with E-state index in [0.29, 0.717) is 11.6 Å². The molecule has 1 amide bonds. The van der Waals surface area contributed by atoms with E-state index in [2.05, 4.69) is 70.7 Å². The largest absolute Gasteiger partial charge is 0.364 e. The molecule has 1 fully saturated rings. The average Bonchev–Trinajstić information content (AvgIpc) is 3.32. The summed E-state index contributed by atoms with van der Waals surface area (Å²) in [6.07, 6.45) is 4.99. The molecule has 2 N–H and O–H groups in total. The van der Waals surface area contributed by atoms with Crippen molar-refractivity contribution < 1.29 is 4.79 Å². The number of pyridine rings is 1. The standard InChI is InChI=1S/C28H30N6O/c1-18-8-9-23-21(5-3-6-24(23)30-18)20-13-16-33(17-14-20)15-12-19-4-2-7-25-22(19)10-11-26-27(28(29)35)31-32-34(25)26/h2-9,20H,10-17H2,1H3,(H2,29,35). The molecule has 2 aromatic carbocycles. The number of aromatic nitrogens is 4. The van der Waals surface area contributed by atoms with Crippen molar-refractivity contribution in [2.45, 2.75) is 44.9 Å². The maximum atomic E-state index is 11.7. The van der Waals surface area contributed by atoms with Gasteiger partial charge < -0.3 is 10.6 Å². The van der Waals surface area contributed by atoms with Crippen LogP contribution in [0.5, 0.6) is 0 Å². The molecule has 0 bridgehead atoms. The van der Waals surface area contributed by atoms with Crippen LogP contribution in [-0.4, -0.2) is 50.4 Å². The number of nitrogens with zero attached hydrogens (tertiary/aromatic N) is 5. The Labute approximate surface area is 205 Å². The molecule has 2 aliphatic rings. The van der Waals surface area contributed by atoms with Crippen molar-refractivity contribution in [2.75, 3.05) is 19.6 Å². The van der Waals surface area contributed by atoms with Gasteiger partial charge in [0.15, 0.2) is 5.69 Å². The number of aryl methyl sites for hydroxylation is 1. The minimum absolute atomic E-state index is 0.293. The highest BCUT2D eigenvalue weighted by Gasteiger charge is 2.26. The van der Waals surface area contributed by atoms with Crippen LogP contribution in [0.15, 0.2) is 48.5 Å². The van der Waals surface area contributed by atoms with Crippen molar-refractivity contribution in [3.63, 3.8) is 0 Å². The second kappa shape index (κ2) is 8.89. The number of likely N-dealkylation sites (tertiary alicyclic amines) is 1. The molecule has 0 unspecified atom stereocenters. The lowest BCUT2D eigenvalue weighted by Crippen LogP contribution is -2.34. The highest BCUT2D eigenvalue weighted by molar-refractivity contribution is 5.92. The van der Waals surface area contributed by atoms with Crippen molar-refractivity contribution >= 4 is 16.8 Å². The number of piperidine rings is 1. The Morgan fingerprint density at radius 3 is 2.71 bits per heavy atom. The average molecular weight is 467 g/mol. The molecule has 2 aromatic heterocycles. The fraction of sp³-hybridized carbons (Fsp3) is 0.357. The number of amides is 1. The van der Waals surface area contributed by atoms with Crippen LogP contribution in [0.2, 0.25) is 0 Å². The summed E-state index contributed by atoms with van der Waals surface area (Å²) in [6.45, 7) is 5.34. The van der Waals surface area contributed by atoms with Crippen molar-refractivity contribution in [2.24, 2.45) is 5.73 Å². The number of benzene rings is 2. The van der Waals surface area contributed by atoms with Gasteiger partial charge in [-0.1, -0.05) is 35.5 Å². The summed E-state index contributed by atoms with van der Waals surface area (Å²) in [5, 5.41) is 9.56. The SMILES string of the molecule is Cc1ccc2c(C3CCN(CCc4cccc5c4CCc4c(C(N)=O)nnn4-5)CC3)cccc2n1. The first-order valence-corrected chi connectivity index (χ1v) is 12.5. The summed E-state index contributed by atoms with van der Waals surface area (Å²) in [7, 11) is 0. The van der Waals surface area contributed by atoms with E-state index < -0.39 is 5.91 Å². The van der Waals surface area contributed by atoms with Gasteiger partial charge in [0, 0.05) is 17.6 Å². The van der Waals surface area contributed by atoms with Crippen LogP contribution >= 0.6 is 0 Å². The second-order valence-corrected chi connectivity index (χ2v) is 9.81. The van der Waals surface area contributed by atoms with Crippen LogP contribution < -0.4 is 5.73 Å². The third kappa shape index (κ3) is 4.00. The Balaban J connectivity index is 1.13. The van der Waals surface area contributed by atoms with Gasteiger partial charge in [-0.05, 0) is 92.9 Å². The Hall–Kier alpha value is -3.58. The molecular formula is C28H30N6O. The van der Waals surface area contributed by atoms with E-state index in [0.717, 1.165) is 61.5 Å². The van der Waals surface area contributed by atoms with Crippen molar-refractivity contribution in [3.8, 4) is 5.69 Å². The van der Waals surface area contributed by atoms with Gasteiger partial charge in [-0.25, -0.2) is 4.68 Å². The first kappa shape index (κ1) is 21.9. The predicted molar refractivity (Wildman–Crippen MR) is 136 cm³/mol. The lowest BCUT2D eigenvalue weighted by molar-refractivity contribution is 0.0994. The maximum absolute atomic E-state index is 11.7. The van der Waals surface area contributed by atoms with E-state index in [1.165, 1.54) is 34.9 Å². The molecule has 0 saturated carbocycles. The van der Waals surface area contributed by atoms with Crippen molar-refractivity contribution in [1.82, 2.24) is 24.9 Å². The molecule has 0 atom stereocenters. The molecule has 1 saturated heterocycles. The first-order valence-electron chi connectivity index (χ1n) is 12.5. The van der Waals surface area contributed by atoms with Gasteiger partial charge in [-0.2, -0.15) is 0 Å². The van der Waals surface area contributed by atoms with Gasteiger partial charge in [0.2, 0.25) is 0 Å². The zero-order valence-corrected chi connectivity index (χ0v) is 20.1. The molecule has 0 radical (unpaired) electrons. The Morgan fingerprint density at radius 2 is 1.89 bits per heavy atom. The normalized spacial score (nSPS) is 16.3. The Bertz CT molecular complexity index is 1420. The van der Waals surface area contributed by atoms with Gasteiger partial charge in [0.25, 0.3) is 5.91 Å². The number of hydrogen-bond donors (Lipinski definition) is 1. The number of hydrogen-bond acceptors (Lipinski definition) is 5. The molecule has 178 valence electrons.